The highest BCUT2D eigenvalue weighted by atomic mass is 16.2. The summed E-state index contributed by atoms with van der Waals surface area (Å²) in [7, 11) is 0. The van der Waals surface area contributed by atoms with Crippen molar-refractivity contribution in [1.82, 2.24) is 0 Å². The van der Waals surface area contributed by atoms with E-state index in [1.54, 1.807) is 5.01 Å². The Balaban J connectivity index is 1.86. The van der Waals surface area contributed by atoms with Gasteiger partial charge >= 0.3 is 0 Å². The summed E-state index contributed by atoms with van der Waals surface area (Å²) in [5, 5.41) is 3.81. The summed E-state index contributed by atoms with van der Waals surface area (Å²) in [6, 6.07) is 27.0. The molecule has 0 radical (unpaired) electrons. The van der Waals surface area contributed by atoms with Crippen LogP contribution >= 0.6 is 0 Å². The van der Waals surface area contributed by atoms with Gasteiger partial charge in [-0.05, 0) is 37.1 Å². The van der Waals surface area contributed by atoms with Gasteiger partial charge in [0, 0.05) is 16.9 Å². The van der Waals surface area contributed by atoms with E-state index in [0.717, 1.165) is 16.9 Å². The van der Waals surface area contributed by atoms with Gasteiger partial charge in [-0.3, -0.25) is 14.6 Å². The highest BCUT2D eigenvalue weighted by Crippen LogP contribution is 2.39. The molecule has 32 heavy (non-hydrogen) atoms. The highest BCUT2D eigenvalue weighted by molar-refractivity contribution is 6.02. The van der Waals surface area contributed by atoms with Crippen LogP contribution in [0.1, 0.15) is 43.6 Å². The largest absolute Gasteiger partial charge is 0.294 e. The molecule has 0 spiro atoms. The quantitative estimate of drug-likeness (QED) is 0.486. The second kappa shape index (κ2) is 8.62. The number of fused-ring (bicyclic) bond motifs is 1. The lowest BCUT2D eigenvalue weighted by atomic mass is 9.82. The van der Waals surface area contributed by atoms with Crippen molar-refractivity contribution < 1.29 is 9.59 Å². The lowest BCUT2D eigenvalue weighted by Crippen LogP contribution is -2.59. The van der Waals surface area contributed by atoms with E-state index in [9.17, 15) is 9.59 Å². The Hall–Kier alpha value is -3.40. The summed E-state index contributed by atoms with van der Waals surface area (Å²) >= 11 is 0. The molecule has 1 heterocycles. The van der Waals surface area contributed by atoms with Crippen molar-refractivity contribution in [2.75, 3.05) is 10.0 Å². The van der Waals surface area contributed by atoms with E-state index in [1.807, 2.05) is 112 Å². The Kier molecular flexibility index (Phi) is 5.88. The molecule has 0 fully saturated rings. The van der Waals surface area contributed by atoms with Gasteiger partial charge in [0.25, 0.3) is 5.91 Å². The number of carbonyl (C=O) groups excluding carboxylic acids is 2. The number of rotatable bonds is 4. The molecule has 164 valence electrons. The van der Waals surface area contributed by atoms with Crippen LogP contribution in [0.4, 0.5) is 11.4 Å². The number of carbonyl (C=O) groups is 2. The number of para-hydroxylation sites is 2. The normalized spacial score (nSPS) is 18.1. The van der Waals surface area contributed by atoms with Crippen LogP contribution in [-0.4, -0.2) is 17.7 Å². The van der Waals surface area contributed by atoms with Crippen molar-refractivity contribution in [3.63, 3.8) is 0 Å². The van der Waals surface area contributed by atoms with E-state index in [-0.39, 0.29) is 23.7 Å². The van der Waals surface area contributed by atoms with Crippen molar-refractivity contribution >= 4 is 23.1 Å². The number of Topliss-reactive ketones (excluding diaryl/α,β-unsaturated/α-hetero) is 1. The maximum Gasteiger partial charge on any atom is 0.251 e. The summed E-state index contributed by atoms with van der Waals surface area (Å²) in [5.74, 6) is -0.182. The summed E-state index contributed by atoms with van der Waals surface area (Å²) < 4.78 is 0. The first-order chi connectivity index (χ1) is 15.3. The van der Waals surface area contributed by atoms with Crippen LogP contribution in [0.15, 0.2) is 84.9 Å². The van der Waals surface area contributed by atoms with Crippen LogP contribution in [0.25, 0.3) is 0 Å². The predicted octanol–water partition coefficient (Wildman–Crippen LogP) is 5.93. The Labute approximate surface area is 190 Å². The summed E-state index contributed by atoms with van der Waals surface area (Å²) in [4.78, 5) is 27.3. The minimum Gasteiger partial charge on any atom is -0.294 e. The monoisotopic (exact) mass is 426 g/mol. The number of benzene rings is 3. The molecule has 3 aromatic carbocycles. The standard InChI is InChI=1S/C28H30N2O2/c1-20-24(26(31)21-13-7-5-8-14-21)19-22-15-11-12-18-25(22)29(20)30(27(32)28(2,3)4)23-16-9-6-10-17-23/h5-18,20,24H,19H2,1-4H3. The topological polar surface area (TPSA) is 40.6 Å². The molecule has 1 aliphatic rings. The van der Waals surface area contributed by atoms with E-state index >= 15 is 0 Å². The third-order valence-electron chi connectivity index (χ3n) is 6.09. The van der Waals surface area contributed by atoms with Crippen molar-refractivity contribution in [3.05, 3.63) is 96.1 Å². The molecule has 4 nitrogen and oxygen atoms in total. The molecule has 1 amide bonds. The lowest BCUT2D eigenvalue weighted by Gasteiger charge is -2.48. The van der Waals surface area contributed by atoms with Crippen molar-refractivity contribution in [1.29, 1.82) is 0 Å². The zero-order chi connectivity index (χ0) is 22.9. The molecule has 1 aliphatic heterocycles. The molecule has 0 aliphatic carbocycles. The van der Waals surface area contributed by atoms with E-state index in [2.05, 4.69) is 6.07 Å². The third kappa shape index (κ3) is 4.05. The van der Waals surface area contributed by atoms with E-state index in [1.165, 1.54) is 0 Å². The van der Waals surface area contributed by atoms with Crippen molar-refractivity contribution in [2.45, 2.75) is 40.2 Å². The number of anilines is 2. The number of hydrogen-bond acceptors (Lipinski definition) is 3. The summed E-state index contributed by atoms with van der Waals surface area (Å²) in [6.45, 7) is 7.84. The minimum atomic E-state index is -0.596. The molecule has 0 N–H and O–H groups in total. The van der Waals surface area contributed by atoms with Gasteiger partial charge in [-0.2, -0.15) is 0 Å². The van der Waals surface area contributed by atoms with Gasteiger partial charge in [-0.1, -0.05) is 87.5 Å². The van der Waals surface area contributed by atoms with E-state index in [4.69, 9.17) is 0 Å². The minimum absolute atomic E-state index is 0.0156. The summed E-state index contributed by atoms with van der Waals surface area (Å²) in [6.07, 6.45) is 0.647. The fourth-order valence-electron chi connectivity index (χ4n) is 4.35. The Morgan fingerprint density at radius 1 is 0.844 bits per heavy atom. The van der Waals surface area contributed by atoms with Crippen LogP contribution in [0.3, 0.4) is 0 Å². The molecule has 2 unspecified atom stereocenters. The van der Waals surface area contributed by atoms with Gasteiger partial charge in [0.05, 0.1) is 17.4 Å². The first-order valence-corrected chi connectivity index (χ1v) is 11.1. The fraction of sp³-hybridized carbons (Fsp3) is 0.286. The Morgan fingerprint density at radius 2 is 1.41 bits per heavy atom. The molecule has 4 rings (SSSR count). The van der Waals surface area contributed by atoms with E-state index < -0.39 is 5.41 Å². The molecular formula is C28H30N2O2. The number of nitrogens with zero attached hydrogens (tertiary/aromatic N) is 2. The molecule has 4 heteroatoms. The highest BCUT2D eigenvalue weighted by Gasteiger charge is 2.42. The zero-order valence-corrected chi connectivity index (χ0v) is 19.2. The molecule has 3 aromatic rings. The number of hydrazine groups is 1. The van der Waals surface area contributed by atoms with Crippen LogP contribution < -0.4 is 10.0 Å². The fourth-order valence-corrected chi connectivity index (χ4v) is 4.35. The molecule has 0 saturated heterocycles. The van der Waals surface area contributed by atoms with Crippen LogP contribution in [0.2, 0.25) is 0 Å². The first kappa shape index (κ1) is 21.8. The maximum atomic E-state index is 13.8. The van der Waals surface area contributed by atoms with Gasteiger partial charge in [0.15, 0.2) is 5.78 Å². The second-order valence-corrected chi connectivity index (χ2v) is 9.46. The number of amides is 1. The van der Waals surface area contributed by atoms with E-state index in [0.29, 0.717) is 12.0 Å². The van der Waals surface area contributed by atoms with Crippen molar-refractivity contribution in [3.8, 4) is 0 Å². The number of ketones is 1. The van der Waals surface area contributed by atoms with Gasteiger partial charge in [0.2, 0.25) is 0 Å². The van der Waals surface area contributed by atoms with Crippen molar-refractivity contribution in [2.24, 2.45) is 11.3 Å². The predicted molar refractivity (Wildman–Crippen MR) is 130 cm³/mol. The molecule has 0 bridgehead atoms. The van der Waals surface area contributed by atoms with Crippen LogP contribution in [0.5, 0.6) is 0 Å². The second-order valence-electron chi connectivity index (χ2n) is 9.46. The van der Waals surface area contributed by atoms with Gasteiger partial charge in [0.1, 0.15) is 0 Å². The zero-order valence-electron chi connectivity index (χ0n) is 19.2. The van der Waals surface area contributed by atoms with Crippen LogP contribution in [-0.2, 0) is 11.2 Å². The smallest absolute Gasteiger partial charge is 0.251 e. The Bertz CT molecular complexity index is 1100. The average Bonchev–Trinajstić information content (AvgIpc) is 2.80. The van der Waals surface area contributed by atoms with Crippen LogP contribution in [0, 0.1) is 11.3 Å². The molecule has 0 aromatic heterocycles. The van der Waals surface area contributed by atoms with Gasteiger partial charge < -0.3 is 0 Å². The summed E-state index contributed by atoms with van der Waals surface area (Å²) in [5.41, 5.74) is 2.95. The average molecular weight is 427 g/mol. The lowest BCUT2D eigenvalue weighted by molar-refractivity contribution is -0.126. The maximum absolute atomic E-state index is 13.8. The molecule has 2 atom stereocenters. The SMILES string of the molecule is CC1C(C(=O)c2ccccc2)Cc2ccccc2N1N(C(=O)C(C)(C)C)c1ccccc1. The Morgan fingerprint density at radius 3 is 2.03 bits per heavy atom. The molecular weight excluding hydrogens is 396 g/mol. The first-order valence-electron chi connectivity index (χ1n) is 11.1. The van der Waals surface area contributed by atoms with Gasteiger partial charge in [-0.25, -0.2) is 5.01 Å². The number of hydrogen-bond donors (Lipinski definition) is 0. The third-order valence-corrected chi connectivity index (χ3v) is 6.09. The molecule has 0 saturated carbocycles. The van der Waals surface area contributed by atoms with Gasteiger partial charge in [-0.15, -0.1) is 0 Å².